The highest BCUT2D eigenvalue weighted by Gasteiger charge is 2.50. The summed E-state index contributed by atoms with van der Waals surface area (Å²) in [6.45, 7) is 6.59. The number of imide groups is 1. The molecule has 0 unspecified atom stereocenters. The van der Waals surface area contributed by atoms with Crippen LogP contribution in [-0.4, -0.2) is 48.5 Å². The zero-order chi connectivity index (χ0) is 21.5. The van der Waals surface area contributed by atoms with Crippen molar-refractivity contribution in [2.24, 2.45) is 11.8 Å². The van der Waals surface area contributed by atoms with Gasteiger partial charge in [0.25, 0.3) is 5.91 Å². The molecule has 0 aromatic heterocycles. The number of benzene rings is 1. The van der Waals surface area contributed by atoms with Gasteiger partial charge in [-0.25, -0.2) is 4.79 Å². The van der Waals surface area contributed by atoms with Gasteiger partial charge in [0.15, 0.2) is 11.5 Å². The van der Waals surface area contributed by atoms with Crippen molar-refractivity contribution in [3.63, 3.8) is 0 Å². The van der Waals surface area contributed by atoms with Crippen molar-refractivity contribution in [3.8, 4) is 11.5 Å². The average Bonchev–Trinajstić information content (AvgIpc) is 2.95. The Balaban J connectivity index is 1.46. The van der Waals surface area contributed by atoms with Crippen molar-refractivity contribution in [2.75, 3.05) is 19.8 Å². The molecule has 0 radical (unpaired) electrons. The van der Waals surface area contributed by atoms with Gasteiger partial charge < -0.3 is 20.1 Å². The third kappa shape index (κ3) is 3.59. The molecule has 0 bridgehead atoms. The van der Waals surface area contributed by atoms with Crippen LogP contribution in [0.5, 0.6) is 11.5 Å². The second-order valence-electron chi connectivity index (χ2n) is 8.75. The predicted molar refractivity (Wildman–Crippen MR) is 109 cm³/mol. The second-order valence-corrected chi connectivity index (χ2v) is 8.75. The lowest BCUT2D eigenvalue weighted by molar-refractivity contribution is -0.135. The lowest BCUT2D eigenvalue weighted by Crippen LogP contribution is -2.49. The minimum Gasteiger partial charge on any atom is -0.486 e. The molecule has 2 heterocycles. The highest BCUT2D eigenvalue weighted by atomic mass is 16.6. The van der Waals surface area contributed by atoms with E-state index < -0.39 is 17.5 Å². The maximum Gasteiger partial charge on any atom is 0.325 e. The molecule has 8 heteroatoms. The lowest BCUT2D eigenvalue weighted by atomic mass is 9.78. The number of carbonyl (C=O) groups excluding carboxylic acids is 3. The lowest BCUT2D eigenvalue weighted by Gasteiger charge is -2.34. The molecule has 1 aromatic rings. The van der Waals surface area contributed by atoms with Gasteiger partial charge in [-0.2, -0.15) is 0 Å². The molecule has 1 aliphatic carbocycles. The summed E-state index contributed by atoms with van der Waals surface area (Å²) in [6.07, 6.45) is 3.16. The number of hydrogen-bond donors (Lipinski definition) is 2. The van der Waals surface area contributed by atoms with Gasteiger partial charge in [0, 0.05) is 6.04 Å². The first-order valence-corrected chi connectivity index (χ1v) is 10.6. The summed E-state index contributed by atoms with van der Waals surface area (Å²) in [5.41, 5.74) is -0.678. The minimum absolute atomic E-state index is 0.0752. The van der Waals surface area contributed by atoms with Crippen molar-refractivity contribution < 1.29 is 23.9 Å². The molecule has 1 saturated carbocycles. The smallest absolute Gasteiger partial charge is 0.325 e. The van der Waals surface area contributed by atoms with Gasteiger partial charge in [0.2, 0.25) is 5.91 Å². The number of nitrogens with one attached hydrogen (secondary N) is 2. The van der Waals surface area contributed by atoms with E-state index in [-0.39, 0.29) is 18.5 Å². The highest BCUT2D eigenvalue weighted by Crippen LogP contribution is 2.37. The van der Waals surface area contributed by atoms with Crippen LogP contribution < -0.4 is 20.1 Å². The first-order chi connectivity index (χ1) is 14.3. The van der Waals surface area contributed by atoms with E-state index in [0.29, 0.717) is 42.1 Å². The molecule has 4 amide bonds. The van der Waals surface area contributed by atoms with E-state index in [1.807, 2.05) is 0 Å². The quantitative estimate of drug-likeness (QED) is 0.735. The van der Waals surface area contributed by atoms with E-state index in [2.05, 4.69) is 24.5 Å². The Bertz CT molecular complexity index is 872. The highest BCUT2D eigenvalue weighted by molar-refractivity contribution is 6.09. The number of carbonyl (C=O) groups is 3. The normalized spacial score (nSPS) is 30.8. The van der Waals surface area contributed by atoms with E-state index in [1.54, 1.807) is 25.1 Å². The molecule has 30 heavy (non-hydrogen) atoms. The summed E-state index contributed by atoms with van der Waals surface area (Å²) in [7, 11) is 0. The van der Waals surface area contributed by atoms with Gasteiger partial charge in [0.1, 0.15) is 25.3 Å². The van der Waals surface area contributed by atoms with Crippen LogP contribution in [-0.2, 0) is 15.1 Å². The van der Waals surface area contributed by atoms with Gasteiger partial charge in [0.05, 0.1) is 0 Å². The van der Waals surface area contributed by atoms with Gasteiger partial charge in [-0.3, -0.25) is 14.5 Å². The SMILES string of the molecule is C[C@H]1[C@@H](NC(=O)CN2C(=O)N[C@](C)(c3ccc4c(c3)OCCO4)C2=O)CCC[C@@H]1C. The van der Waals surface area contributed by atoms with E-state index in [9.17, 15) is 14.4 Å². The van der Waals surface area contributed by atoms with Crippen molar-refractivity contribution in [2.45, 2.75) is 51.6 Å². The maximum atomic E-state index is 13.1. The Morgan fingerprint density at radius 2 is 1.93 bits per heavy atom. The Labute approximate surface area is 176 Å². The van der Waals surface area contributed by atoms with Gasteiger partial charge >= 0.3 is 6.03 Å². The molecule has 4 atom stereocenters. The molecule has 0 spiro atoms. The van der Waals surface area contributed by atoms with Crippen LogP contribution in [0.4, 0.5) is 4.79 Å². The van der Waals surface area contributed by atoms with Crippen LogP contribution in [0, 0.1) is 11.8 Å². The summed E-state index contributed by atoms with van der Waals surface area (Å²) in [5, 5.41) is 5.76. The van der Waals surface area contributed by atoms with Gasteiger partial charge in [-0.1, -0.05) is 32.8 Å². The van der Waals surface area contributed by atoms with Crippen molar-refractivity contribution in [1.29, 1.82) is 0 Å². The van der Waals surface area contributed by atoms with E-state index in [0.717, 1.165) is 24.2 Å². The van der Waals surface area contributed by atoms with Crippen molar-refractivity contribution in [3.05, 3.63) is 23.8 Å². The molecular formula is C22H29N3O5. The number of hydrogen-bond acceptors (Lipinski definition) is 5. The summed E-state index contributed by atoms with van der Waals surface area (Å²) in [6, 6.07) is 4.68. The number of ether oxygens (including phenoxy) is 2. The molecule has 1 saturated heterocycles. The molecule has 2 fully saturated rings. The van der Waals surface area contributed by atoms with Crippen molar-refractivity contribution in [1.82, 2.24) is 15.5 Å². The second kappa shape index (κ2) is 7.81. The van der Waals surface area contributed by atoms with Crippen LogP contribution in [0.3, 0.4) is 0 Å². The molecule has 162 valence electrons. The molecule has 2 N–H and O–H groups in total. The number of fused-ring (bicyclic) bond motifs is 1. The summed E-state index contributed by atoms with van der Waals surface area (Å²) in [5.74, 6) is 1.30. The minimum atomic E-state index is -1.26. The molecule has 2 aliphatic heterocycles. The largest absolute Gasteiger partial charge is 0.486 e. The monoisotopic (exact) mass is 415 g/mol. The number of rotatable bonds is 4. The summed E-state index contributed by atoms with van der Waals surface area (Å²) in [4.78, 5) is 39.3. The fourth-order valence-corrected chi connectivity index (χ4v) is 4.57. The molecule has 1 aromatic carbocycles. The first-order valence-electron chi connectivity index (χ1n) is 10.6. The van der Waals surface area contributed by atoms with Gasteiger partial charge in [-0.15, -0.1) is 0 Å². The van der Waals surface area contributed by atoms with Crippen LogP contribution in [0.1, 0.15) is 45.6 Å². The van der Waals surface area contributed by atoms with Crippen LogP contribution >= 0.6 is 0 Å². The molecule has 4 rings (SSSR count). The fourth-order valence-electron chi connectivity index (χ4n) is 4.57. The third-order valence-corrected chi connectivity index (χ3v) is 6.75. The fraction of sp³-hybridized carbons (Fsp3) is 0.591. The zero-order valence-corrected chi connectivity index (χ0v) is 17.7. The van der Waals surface area contributed by atoms with Crippen molar-refractivity contribution >= 4 is 17.8 Å². The van der Waals surface area contributed by atoms with E-state index in [1.165, 1.54) is 0 Å². The summed E-state index contributed by atoms with van der Waals surface area (Å²) >= 11 is 0. The number of urea groups is 1. The standard InChI is InChI=1S/C22H29N3O5/c1-13-5-4-6-16(14(13)2)23-19(26)12-25-20(27)22(3,24-21(25)28)15-7-8-17-18(11-15)30-10-9-29-17/h7-8,11,13-14,16H,4-6,9-10,12H2,1-3H3,(H,23,26)(H,24,28)/t13-,14+,16-,22+/m0/s1. The molecular weight excluding hydrogens is 386 g/mol. The van der Waals surface area contributed by atoms with Crippen LogP contribution in [0.25, 0.3) is 0 Å². The van der Waals surface area contributed by atoms with Gasteiger partial charge in [-0.05, 0) is 42.9 Å². The Morgan fingerprint density at radius 1 is 1.20 bits per heavy atom. The Morgan fingerprint density at radius 3 is 2.70 bits per heavy atom. The van der Waals surface area contributed by atoms with E-state index >= 15 is 0 Å². The Hall–Kier alpha value is -2.77. The Kier molecular flexibility index (Phi) is 5.34. The summed E-state index contributed by atoms with van der Waals surface area (Å²) < 4.78 is 11.1. The number of amides is 4. The molecule has 3 aliphatic rings. The predicted octanol–water partition coefficient (Wildman–Crippen LogP) is 2.17. The van der Waals surface area contributed by atoms with Crippen LogP contribution in [0.15, 0.2) is 18.2 Å². The zero-order valence-electron chi connectivity index (χ0n) is 17.7. The topological polar surface area (TPSA) is 97.0 Å². The van der Waals surface area contributed by atoms with Crippen LogP contribution in [0.2, 0.25) is 0 Å². The first kappa shape index (κ1) is 20.5. The number of nitrogens with zero attached hydrogens (tertiary/aromatic N) is 1. The molecule has 8 nitrogen and oxygen atoms in total. The maximum absolute atomic E-state index is 13.1. The van der Waals surface area contributed by atoms with E-state index in [4.69, 9.17) is 9.47 Å². The third-order valence-electron chi connectivity index (χ3n) is 6.75. The average molecular weight is 415 g/mol.